The zero-order valence-corrected chi connectivity index (χ0v) is 18.7. The van der Waals surface area contributed by atoms with Crippen molar-refractivity contribution in [1.82, 2.24) is 14.5 Å². The number of rotatable bonds is 7. The third kappa shape index (κ3) is 5.07. The summed E-state index contributed by atoms with van der Waals surface area (Å²) in [6.45, 7) is 10.1. The van der Waals surface area contributed by atoms with Crippen molar-refractivity contribution in [1.29, 1.82) is 0 Å². The summed E-state index contributed by atoms with van der Waals surface area (Å²) in [6.07, 6.45) is 2.85. The Kier molecular flexibility index (Phi) is 6.38. The highest BCUT2D eigenvalue weighted by molar-refractivity contribution is 5.96. The molecule has 8 nitrogen and oxygen atoms in total. The van der Waals surface area contributed by atoms with Crippen LogP contribution in [-0.4, -0.2) is 25.4 Å². The molecule has 0 spiro atoms. The molecule has 0 fully saturated rings. The van der Waals surface area contributed by atoms with Crippen LogP contribution in [0.1, 0.15) is 57.6 Å². The number of pyridine rings is 1. The first-order chi connectivity index (χ1) is 14.6. The first-order valence-electron chi connectivity index (χ1n) is 10.5. The van der Waals surface area contributed by atoms with Crippen molar-refractivity contribution in [3.8, 4) is 0 Å². The van der Waals surface area contributed by atoms with Crippen LogP contribution in [0.5, 0.6) is 0 Å². The summed E-state index contributed by atoms with van der Waals surface area (Å²) in [5.41, 5.74) is 3.35. The van der Waals surface area contributed by atoms with E-state index in [2.05, 4.69) is 16.8 Å². The number of fused-ring (bicyclic) bond motifs is 1. The fraction of sp³-hybridized carbons (Fsp3) is 0.435. The fourth-order valence-electron chi connectivity index (χ4n) is 3.22. The lowest BCUT2D eigenvalue weighted by Crippen LogP contribution is -2.28. The number of aryl methyl sites for hydroxylation is 2. The molecule has 8 heteroatoms. The molecule has 0 bridgehead atoms. The van der Waals surface area contributed by atoms with Gasteiger partial charge < -0.3 is 9.88 Å². The van der Waals surface area contributed by atoms with Gasteiger partial charge in [0, 0.05) is 24.0 Å². The van der Waals surface area contributed by atoms with E-state index in [4.69, 9.17) is 9.97 Å². The molecule has 0 aliphatic heterocycles. The molecule has 3 aromatic rings. The van der Waals surface area contributed by atoms with Gasteiger partial charge in [-0.25, -0.2) is 9.97 Å². The molecule has 31 heavy (non-hydrogen) atoms. The van der Waals surface area contributed by atoms with E-state index in [0.29, 0.717) is 12.2 Å². The second-order valence-corrected chi connectivity index (χ2v) is 8.81. The number of aromatic nitrogens is 3. The van der Waals surface area contributed by atoms with E-state index >= 15 is 0 Å². The third-order valence-electron chi connectivity index (χ3n) is 5.16. The van der Waals surface area contributed by atoms with E-state index in [9.17, 15) is 14.9 Å². The molecule has 0 aliphatic carbocycles. The lowest BCUT2D eigenvalue weighted by atomic mass is 9.95. The Balaban J connectivity index is 2.01. The number of hydrogen-bond acceptors (Lipinski definition) is 5. The molecule has 1 N–H and O–H groups in total. The van der Waals surface area contributed by atoms with Gasteiger partial charge in [-0.1, -0.05) is 46.2 Å². The third-order valence-corrected chi connectivity index (χ3v) is 5.16. The number of hydrogen-bond donors (Lipinski definition) is 1. The van der Waals surface area contributed by atoms with Crippen LogP contribution in [0.25, 0.3) is 11.2 Å². The minimum atomic E-state index is -0.511. The van der Waals surface area contributed by atoms with Crippen LogP contribution >= 0.6 is 0 Å². The second kappa shape index (κ2) is 8.83. The molecule has 2 heterocycles. The summed E-state index contributed by atoms with van der Waals surface area (Å²) in [6, 6.07) is 8.43. The zero-order valence-electron chi connectivity index (χ0n) is 18.7. The number of nitrogens with zero attached hydrogens (tertiary/aromatic N) is 4. The van der Waals surface area contributed by atoms with E-state index in [1.54, 1.807) is 12.1 Å². The fourth-order valence-corrected chi connectivity index (χ4v) is 3.22. The van der Waals surface area contributed by atoms with Crippen molar-refractivity contribution in [3.05, 3.63) is 57.5 Å². The molecule has 0 saturated carbocycles. The van der Waals surface area contributed by atoms with Gasteiger partial charge in [0.2, 0.25) is 5.91 Å². The zero-order chi connectivity index (χ0) is 22.8. The normalized spacial score (nSPS) is 11.6. The standard InChI is InChI=1S/C23H29N5O3/c1-6-7-8-20-25-19-13-18(26-22(29)23(3,4)5)15(2)24-21(19)27(20)14-16-9-11-17(12-10-16)28(30)31/h9-13H,6-8,14H2,1-5H3,(H,26,29). The van der Waals surface area contributed by atoms with Gasteiger partial charge in [-0.05, 0) is 25.0 Å². The SMILES string of the molecule is CCCCc1nc2cc(NC(=O)C(C)(C)C)c(C)nc2n1Cc1ccc([N+](=O)[O-])cc1. The summed E-state index contributed by atoms with van der Waals surface area (Å²) in [5.74, 6) is 0.842. The quantitative estimate of drug-likeness (QED) is 0.424. The van der Waals surface area contributed by atoms with Crippen molar-refractivity contribution < 1.29 is 9.72 Å². The van der Waals surface area contributed by atoms with Crippen LogP contribution in [0.15, 0.2) is 30.3 Å². The highest BCUT2D eigenvalue weighted by atomic mass is 16.6. The van der Waals surface area contributed by atoms with Crippen LogP contribution in [0, 0.1) is 22.5 Å². The van der Waals surface area contributed by atoms with Crippen molar-refractivity contribution in [2.45, 2.75) is 60.4 Å². The van der Waals surface area contributed by atoms with Gasteiger partial charge in [-0.15, -0.1) is 0 Å². The van der Waals surface area contributed by atoms with E-state index in [1.165, 1.54) is 12.1 Å². The monoisotopic (exact) mass is 423 g/mol. The topological polar surface area (TPSA) is 103 Å². The summed E-state index contributed by atoms with van der Waals surface area (Å²) in [7, 11) is 0. The van der Waals surface area contributed by atoms with E-state index in [1.807, 2.05) is 33.8 Å². The molecule has 0 saturated heterocycles. The first kappa shape index (κ1) is 22.4. The molecule has 3 rings (SSSR count). The Bertz CT molecular complexity index is 1110. The smallest absolute Gasteiger partial charge is 0.269 e. The molecule has 0 radical (unpaired) electrons. The Morgan fingerprint density at radius 2 is 1.87 bits per heavy atom. The highest BCUT2D eigenvalue weighted by Gasteiger charge is 2.23. The molecular formula is C23H29N5O3. The van der Waals surface area contributed by atoms with Gasteiger partial charge >= 0.3 is 0 Å². The molecule has 1 amide bonds. The number of anilines is 1. The van der Waals surface area contributed by atoms with Gasteiger partial charge in [0.15, 0.2) is 5.65 Å². The molecule has 0 aliphatic rings. The summed E-state index contributed by atoms with van der Waals surface area (Å²) in [5, 5.41) is 13.9. The van der Waals surface area contributed by atoms with Gasteiger partial charge in [0.05, 0.1) is 22.8 Å². The van der Waals surface area contributed by atoms with Crippen molar-refractivity contribution in [3.63, 3.8) is 0 Å². The average molecular weight is 424 g/mol. The number of carbonyl (C=O) groups excluding carboxylic acids is 1. The number of unbranched alkanes of at least 4 members (excludes halogenated alkanes) is 1. The van der Waals surface area contributed by atoms with Gasteiger partial charge in [-0.3, -0.25) is 14.9 Å². The predicted octanol–water partition coefficient (Wildman–Crippen LogP) is 5.02. The molecule has 2 aromatic heterocycles. The molecule has 1 aromatic carbocycles. The average Bonchev–Trinajstić information content (AvgIpc) is 3.02. The van der Waals surface area contributed by atoms with Crippen LogP contribution in [-0.2, 0) is 17.8 Å². The molecule has 0 unspecified atom stereocenters. The number of amides is 1. The first-order valence-corrected chi connectivity index (χ1v) is 10.5. The van der Waals surface area contributed by atoms with Crippen molar-refractivity contribution >= 4 is 28.4 Å². The van der Waals surface area contributed by atoms with Gasteiger partial charge in [-0.2, -0.15) is 0 Å². The summed E-state index contributed by atoms with van der Waals surface area (Å²) >= 11 is 0. The van der Waals surface area contributed by atoms with Crippen LogP contribution in [0.3, 0.4) is 0 Å². The van der Waals surface area contributed by atoms with E-state index in [-0.39, 0.29) is 11.6 Å². The van der Waals surface area contributed by atoms with Crippen LogP contribution in [0.2, 0.25) is 0 Å². The molecule has 0 atom stereocenters. The van der Waals surface area contributed by atoms with Crippen LogP contribution in [0.4, 0.5) is 11.4 Å². The highest BCUT2D eigenvalue weighted by Crippen LogP contribution is 2.25. The number of nitrogens with one attached hydrogen (secondary N) is 1. The van der Waals surface area contributed by atoms with Crippen molar-refractivity contribution in [2.24, 2.45) is 5.41 Å². The lowest BCUT2D eigenvalue weighted by molar-refractivity contribution is -0.384. The number of nitro groups is 1. The molecular weight excluding hydrogens is 394 g/mol. The maximum atomic E-state index is 12.4. The largest absolute Gasteiger partial charge is 0.324 e. The Morgan fingerprint density at radius 3 is 2.45 bits per heavy atom. The van der Waals surface area contributed by atoms with Crippen molar-refractivity contribution in [2.75, 3.05) is 5.32 Å². The maximum absolute atomic E-state index is 12.4. The number of imidazole rings is 1. The lowest BCUT2D eigenvalue weighted by Gasteiger charge is -2.18. The number of non-ortho nitro benzene ring substituents is 1. The maximum Gasteiger partial charge on any atom is 0.269 e. The Morgan fingerprint density at radius 1 is 1.19 bits per heavy atom. The summed E-state index contributed by atoms with van der Waals surface area (Å²) in [4.78, 5) is 32.5. The Labute approximate surface area is 181 Å². The van der Waals surface area contributed by atoms with E-state index < -0.39 is 10.3 Å². The Hall–Kier alpha value is -3.29. The number of nitro benzene ring substituents is 1. The van der Waals surface area contributed by atoms with Crippen LogP contribution < -0.4 is 5.32 Å². The van der Waals surface area contributed by atoms with Gasteiger partial charge in [0.1, 0.15) is 11.3 Å². The number of benzene rings is 1. The minimum absolute atomic E-state index is 0.0682. The van der Waals surface area contributed by atoms with Gasteiger partial charge in [0.25, 0.3) is 5.69 Å². The second-order valence-electron chi connectivity index (χ2n) is 8.81. The number of carbonyl (C=O) groups is 1. The predicted molar refractivity (Wildman–Crippen MR) is 121 cm³/mol. The van der Waals surface area contributed by atoms with E-state index in [0.717, 1.165) is 47.5 Å². The molecule has 164 valence electrons. The summed E-state index contributed by atoms with van der Waals surface area (Å²) < 4.78 is 2.06. The minimum Gasteiger partial charge on any atom is -0.324 e.